The topological polar surface area (TPSA) is 29.5 Å². The lowest BCUT2D eigenvalue weighted by molar-refractivity contribution is -0.135. The van der Waals surface area contributed by atoms with E-state index in [-0.39, 0.29) is 0 Å². The molecular formula is C21H29NO2. The lowest BCUT2D eigenvalue weighted by atomic mass is 9.98. The number of amides is 1. The smallest absolute Gasteiger partial charge is 0.226 e. The van der Waals surface area contributed by atoms with Crippen molar-refractivity contribution in [3.8, 4) is 5.75 Å². The second-order valence-corrected chi connectivity index (χ2v) is 8.01. The van der Waals surface area contributed by atoms with Crippen molar-refractivity contribution in [3.05, 3.63) is 29.8 Å². The number of fused-ring (bicyclic) bond motifs is 1. The molecule has 4 rings (SSSR count). The zero-order valence-electron chi connectivity index (χ0n) is 14.7. The molecule has 1 aromatic carbocycles. The Morgan fingerprint density at radius 3 is 2.62 bits per heavy atom. The van der Waals surface area contributed by atoms with Gasteiger partial charge in [-0.25, -0.2) is 0 Å². The van der Waals surface area contributed by atoms with E-state index in [9.17, 15) is 4.79 Å². The Labute approximate surface area is 145 Å². The molecule has 0 radical (unpaired) electrons. The number of hydrogen-bond acceptors (Lipinski definition) is 2. The van der Waals surface area contributed by atoms with Crippen LogP contribution in [0.5, 0.6) is 5.75 Å². The predicted molar refractivity (Wildman–Crippen MR) is 94.9 cm³/mol. The van der Waals surface area contributed by atoms with Crippen molar-refractivity contribution >= 4 is 5.91 Å². The SMILES string of the molecule is Cc1ccccc1OC[C@H]1CCCN(C(=O)C2[C@H]3CCCC[C@@H]23)C1. The largest absolute Gasteiger partial charge is 0.493 e. The van der Waals surface area contributed by atoms with Gasteiger partial charge in [0.1, 0.15) is 5.75 Å². The highest BCUT2D eigenvalue weighted by Gasteiger charge is 2.55. The Kier molecular flexibility index (Phi) is 4.51. The van der Waals surface area contributed by atoms with Crippen LogP contribution in [0.15, 0.2) is 24.3 Å². The van der Waals surface area contributed by atoms with Gasteiger partial charge in [-0.05, 0) is 56.1 Å². The average molecular weight is 327 g/mol. The number of piperidine rings is 1. The molecule has 1 aromatic rings. The standard InChI is InChI=1S/C21H29NO2/c1-15-7-2-5-11-19(15)24-14-16-8-6-12-22(13-16)21(23)20-17-9-3-4-10-18(17)20/h2,5,7,11,16-18,20H,3-4,6,8-10,12-14H2,1H3/t16-,17-,18+,20?/m0/s1. The van der Waals surface area contributed by atoms with Crippen molar-refractivity contribution in [2.45, 2.75) is 45.4 Å². The van der Waals surface area contributed by atoms with Gasteiger partial charge in [-0.1, -0.05) is 31.0 Å². The van der Waals surface area contributed by atoms with Crippen LogP contribution in [-0.4, -0.2) is 30.5 Å². The van der Waals surface area contributed by atoms with Crippen molar-refractivity contribution < 1.29 is 9.53 Å². The molecule has 130 valence electrons. The highest BCUT2D eigenvalue weighted by atomic mass is 16.5. The summed E-state index contributed by atoms with van der Waals surface area (Å²) < 4.78 is 6.04. The van der Waals surface area contributed by atoms with Crippen molar-refractivity contribution in [2.75, 3.05) is 19.7 Å². The molecule has 1 aliphatic heterocycles. The molecule has 2 aliphatic carbocycles. The van der Waals surface area contributed by atoms with Crippen molar-refractivity contribution in [1.29, 1.82) is 0 Å². The van der Waals surface area contributed by atoms with E-state index in [1.54, 1.807) is 0 Å². The lowest BCUT2D eigenvalue weighted by Gasteiger charge is -2.33. The summed E-state index contributed by atoms with van der Waals surface area (Å²) in [5, 5.41) is 0. The van der Waals surface area contributed by atoms with Gasteiger partial charge >= 0.3 is 0 Å². The molecule has 3 aliphatic rings. The van der Waals surface area contributed by atoms with E-state index >= 15 is 0 Å². The number of hydrogen-bond donors (Lipinski definition) is 0. The van der Waals surface area contributed by atoms with E-state index in [1.807, 2.05) is 18.2 Å². The maximum atomic E-state index is 12.9. The van der Waals surface area contributed by atoms with Crippen LogP contribution in [0.1, 0.15) is 44.1 Å². The lowest BCUT2D eigenvalue weighted by Crippen LogP contribution is -2.42. The van der Waals surface area contributed by atoms with Crippen molar-refractivity contribution in [3.63, 3.8) is 0 Å². The zero-order valence-corrected chi connectivity index (χ0v) is 14.7. The summed E-state index contributed by atoms with van der Waals surface area (Å²) in [6.07, 6.45) is 7.53. The number of benzene rings is 1. The van der Waals surface area contributed by atoms with Gasteiger partial charge in [-0.3, -0.25) is 4.79 Å². The highest BCUT2D eigenvalue weighted by molar-refractivity contribution is 5.82. The molecule has 0 N–H and O–H groups in total. The average Bonchev–Trinajstić information content (AvgIpc) is 3.35. The van der Waals surface area contributed by atoms with Crippen molar-refractivity contribution in [2.24, 2.45) is 23.7 Å². The van der Waals surface area contributed by atoms with E-state index < -0.39 is 0 Å². The molecule has 3 fully saturated rings. The summed E-state index contributed by atoms with van der Waals surface area (Å²) in [4.78, 5) is 15.0. The summed E-state index contributed by atoms with van der Waals surface area (Å²) >= 11 is 0. The first kappa shape index (κ1) is 16.0. The second kappa shape index (κ2) is 6.78. The van der Waals surface area contributed by atoms with E-state index in [0.717, 1.165) is 43.7 Å². The van der Waals surface area contributed by atoms with Gasteiger partial charge in [0.2, 0.25) is 5.91 Å². The van der Waals surface area contributed by atoms with Gasteiger partial charge in [0, 0.05) is 24.9 Å². The van der Waals surface area contributed by atoms with Crippen LogP contribution in [0.25, 0.3) is 0 Å². The number of likely N-dealkylation sites (tertiary alicyclic amines) is 1. The first-order chi connectivity index (χ1) is 11.7. The quantitative estimate of drug-likeness (QED) is 0.835. The normalized spacial score (nSPS) is 32.1. The van der Waals surface area contributed by atoms with Crippen LogP contribution in [0, 0.1) is 30.6 Å². The molecule has 3 nitrogen and oxygen atoms in total. The maximum absolute atomic E-state index is 12.9. The number of aryl methyl sites for hydroxylation is 1. The van der Waals surface area contributed by atoms with Gasteiger partial charge in [0.25, 0.3) is 0 Å². The fraction of sp³-hybridized carbons (Fsp3) is 0.667. The highest BCUT2D eigenvalue weighted by Crippen LogP contribution is 2.56. The minimum atomic E-state index is 0.364. The van der Waals surface area contributed by atoms with Gasteiger partial charge in [-0.15, -0.1) is 0 Å². The third-order valence-corrected chi connectivity index (χ3v) is 6.34. The van der Waals surface area contributed by atoms with Crippen LogP contribution >= 0.6 is 0 Å². The Bertz CT molecular complexity index is 587. The number of rotatable bonds is 4. The molecule has 1 unspecified atom stereocenters. The molecule has 1 saturated heterocycles. The number of carbonyl (C=O) groups is 1. The fourth-order valence-electron chi connectivity index (χ4n) is 4.90. The first-order valence-electron chi connectivity index (χ1n) is 9.71. The maximum Gasteiger partial charge on any atom is 0.226 e. The predicted octanol–water partition coefficient (Wildman–Crippen LogP) is 4.05. The van der Waals surface area contributed by atoms with E-state index in [1.165, 1.54) is 37.7 Å². The van der Waals surface area contributed by atoms with Crippen LogP contribution < -0.4 is 4.74 Å². The molecule has 1 heterocycles. The minimum absolute atomic E-state index is 0.364. The zero-order chi connectivity index (χ0) is 16.5. The van der Waals surface area contributed by atoms with E-state index in [4.69, 9.17) is 4.74 Å². The Balaban J connectivity index is 1.31. The molecule has 24 heavy (non-hydrogen) atoms. The summed E-state index contributed by atoms with van der Waals surface area (Å²) in [6.45, 7) is 4.66. The van der Waals surface area contributed by atoms with Gasteiger partial charge < -0.3 is 9.64 Å². The second-order valence-electron chi connectivity index (χ2n) is 8.01. The Morgan fingerprint density at radius 2 is 1.88 bits per heavy atom. The van der Waals surface area contributed by atoms with Crippen LogP contribution in [0.2, 0.25) is 0 Å². The number of carbonyl (C=O) groups excluding carboxylic acids is 1. The summed E-state index contributed by atoms with van der Waals surface area (Å²) in [6, 6.07) is 8.18. The summed E-state index contributed by atoms with van der Waals surface area (Å²) in [5.41, 5.74) is 1.18. The number of ether oxygens (including phenoxy) is 1. The molecule has 2 saturated carbocycles. The third-order valence-electron chi connectivity index (χ3n) is 6.34. The van der Waals surface area contributed by atoms with Gasteiger partial charge in [-0.2, -0.15) is 0 Å². The number of nitrogens with zero attached hydrogens (tertiary/aromatic N) is 1. The van der Waals surface area contributed by atoms with Gasteiger partial charge in [0.15, 0.2) is 0 Å². The van der Waals surface area contributed by atoms with Crippen LogP contribution in [-0.2, 0) is 4.79 Å². The summed E-state index contributed by atoms with van der Waals surface area (Å²) in [5.74, 6) is 3.71. The molecule has 1 amide bonds. The van der Waals surface area contributed by atoms with Crippen molar-refractivity contribution in [1.82, 2.24) is 4.90 Å². The number of para-hydroxylation sites is 1. The molecule has 0 spiro atoms. The Morgan fingerprint density at radius 1 is 1.12 bits per heavy atom. The van der Waals surface area contributed by atoms with Gasteiger partial charge in [0.05, 0.1) is 6.61 Å². The molecule has 0 bridgehead atoms. The molecular weight excluding hydrogens is 298 g/mol. The van der Waals surface area contributed by atoms with Crippen LogP contribution in [0.4, 0.5) is 0 Å². The van der Waals surface area contributed by atoms with Crippen LogP contribution in [0.3, 0.4) is 0 Å². The summed E-state index contributed by atoms with van der Waals surface area (Å²) in [7, 11) is 0. The minimum Gasteiger partial charge on any atom is -0.493 e. The molecule has 3 heteroatoms. The molecule has 4 atom stereocenters. The van der Waals surface area contributed by atoms with E-state index in [2.05, 4.69) is 17.9 Å². The fourth-order valence-corrected chi connectivity index (χ4v) is 4.90. The van der Waals surface area contributed by atoms with E-state index in [0.29, 0.717) is 17.7 Å². The molecule has 0 aromatic heterocycles. The first-order valence-corrected chi connectivity index (χ1v) is 9.71. The Hall–Kier alpha value is -1.51. The third kappa shape index (κ3) is 3.18. The monoisotopic (exact) mass is 327 g/mol.